The lowest BCUT2D eigenvalue weighted by molar-refractivity contribution is -0.161. The van der Waals surface area contributed by atoms with Crippen LogP contribution in [0.4, 0.5) is 0 Å². The number of aliphatic hydroxyl groups excluding tert-OH is 2. The van der Waals surface area contributed by atoms with Crippen molar-refractivity contribution >= 4 is 19.8 Å². The number of phosphoric ester groups is 1. The summed E-state index contributed by atoms with van der Waals surface area (Å²) in [7, 11) is -4.62. The molecule has 3 atom stereocenters. The Labute approximate surface area is 335 Å². The highest BCUT2D eigenvalue weighted by molar-refractivity contribution is 7.47. The second kappa shape index (κ2) is 40.4. The summed E-state index contributed by atoms with van der Waals surface area (Å²) in [6.45, 7) is 2.33. The molecule has 10 nitrogen and oxygen atoms in total. The zero-order chi connectivity index (χ0) is 40.5. The molecule has 1 unspecified atom stereocenters. The lowest BCUT2D eigenvalue weighted by Crippen LogP contribution is -2.29. The van der Waals surface area contributed by atoms with Gasteiger partial charge in [-0.3, -0.25) is 18.6 Å². The van der Waals surface area contributed by atoms with E-state index in [4.69, 9.17) is 19.1 Å². The maximum atomic E-state index is 12.6. The minimum Gasteiger partial charge on any atom is -0.462 e. The first-order chi connectivity index (χ1) is 26.7. The summed E-state index contributed by atoms with van der Waals surface area (Å²) in [6.07, 6.45) is 41.0. The quantitative estimate of drug-likeness (QED) is 0.0236. The molecular formula is C44H81O10P. The van der Waals surface area contributed by atoms with E-state index in [1.165, 1.54) is 89.9 Å². The number of phosphoric acid groups is 1. The van der Waals surface area contributed by atoms with Gasteiger partial charge in [0.05, 0.1) is 19.8 Å². The molecule has 0 amide bonds. The van der Waals surface area contributed by atoms with Crippen LogP contribution in [0.25, 0.3) is 0 Å². The highest BCUT2D eigenvalue weighted by Gasteiger charge is 2.27. The van der Waals surface area contributed by atoms with Gasteiger partial charge in [0.2, 0.25) is 0 Å². The van der Waals surface area contributed by atoms with E-state index in [1.807, 2.05) is 0 Å². The SMILES string of the molecule is CCCCC/C=C/C/C=C/CCCCCCCCCC(=O)O[C@H](COC(=O)CCCCCCCCC/C=C/CCCCCC)COP(=O)(O)OC[C@@H](O)CO. The van der Waals surface area contributed by atoms with Gasteiger partial charge in [0.15, 0.2) is 6.10 Å². The number of carbonyl (C=O) groups excluding carboxylic acids is 2. The van der Waals surface area contributed by atoms with Gasteiger partial charge in [-0.25, -0.2) is 4.57 Å². The second-order valence-electron chi connectivity index (χ2n) is 14.7. The number of carbonyl (C=O) groups is 2. The van der Waals surface area contributed by atoms with Gasteiger partial charge in [-0.2, -0.15) is 0 Å². The van der Waals surface area contributed by atoms with Crippen molar-refractivity contribution in [1.82, 2.24) is 0 Å². The van der Waals surface area contributed by atoms with E-state index in [9.17, 15) is 24.2 Å². The number of allylic oxidation sites excluding steroid dienone is 6. The number of aliphatic hydroxyl groups is 2. The van der Waals surface area contributed by atoms with Gasteiger partial charge in [-0.15, -0.1) is 0 Å². The molecule has 0 aromatic rings. The molecule has 0 aromatic heterocycles. The average Bonchev–Trinajstić information content (AvgIpc) is 3.17. The number of rotatable bonds is 41. The Hall–Kier alpha value is -1.81. The van der Waals surface area contributed by atoms with Crippen LogP contribution in [-0.2, 0) is 32.7 Å². The third-order valence-electron chi connectivity index (χ3n) is 9.27. The number of hydrogen-bond acceptors (Lipinski definition) is 9. The predicted octanol–water partition coefficient (Wildman–Crippen LogP) is 11.6. The molecule has 0 aromatic carbocycles. The fourth-order valence-electron chi connectivity index (χ4n) is 5.84. The van der Waals surface area contributed by atoms with E-state index in [2.05, 4.69) is 54.8 Å². The fourth-order valence-corrected chi connectivity index (χ4v) is 6.63. The van der Waals surface area contributed by atoms with E-state index in [0.717, 1.165) is 64.2 Å². The van der Waals surface area contributed by atoms with Gasteiger partial charge in [0.1, 0.15) is 12.7 Å². The Balaban J connectivity index is 4.30. The molecule has 0 aliphatic heterocycles. The van der Waals surface area contributed by atoms with Crippen molar-refractivity contribution in [2.45, 2.75) is 206 Å². The Morgan fingerprint density at radius 3 is 1.45 bits per heavy atom. The van der Waals surface area contributed by atoms with E-state index in [0.29, 0.717) is 12.8 Å². The fraction of sp³-hybridized carbons (Fsp3) is 0.818. The molecule has 0 aliphatic carbocycles. The van der Waals surface area contributed by atoms with Crippen molar-refractivity contribution in [3.63, 3.8) is 0 Å². The summed E-state index contributed by atoms with van der Waals surface area (Å²) >= 11 is 0. The maximum Gasteiger partial charge on any atom is 0.472 e. The lowest BCUT2D eigenvalue weighted by Gasteiger charge is -2.20. The van der Waals surface area contributed by atoms with Crippen LogP contribution in [0, 0.1) is 0 Å². The zero-order valence-corrected chi connectivity index (χ0v) is 35.8. The molecule has 322 valence electrons. The topological polar surface area (TPSA) is 149 Å². The summed E-state index contributed by atoms with van der Waals surface area (Å²) in [5.41, 5.74) is 0. The standard InChI is InChI=1S/C44H81O10P/c1-3-5-7-9-11-13-15-17-19-20-22-24-26-28-30-32-34-36-44(48)54-42(40-53-55(49,50)52-38-41(46)37-45)39-51-43(47)35-33-31-29-27-25-23-21-18-16-14-12-10-8-6-4-2/h11,13-14,16-17,19,41-42,45-46H,3-10,12,15,18,20-40H2,1-2H3,(H,49,50)/b13-11+,16-14+,19-17+/t41-,42+/m0/s1. The largest absolute Gasteiger partial charge is 0.472 e. The van der Waals surface area contributed by atoms with Crippen LogP contribution < -0.4 is 0 Å². The molecule has 0 radical (unpaired) electrons. The molecule has 0 aliphatic rings. The summed E-state index contributed by atoms with van der Waals surface area (Å²) in [6, 6.07) is 0. The normalized spacial score (nSPS) is 14.2. The highest BCUT2D eigenvalue weighted by Crippen LogP contribution is 2.43. The molecule has 0 fully saturated rings. The van der Waals surface area contributed by atoms with Crippen molar-refractivity contribution < 1.29 is 47.8 Å². The molecule has 0 saturated carbocycles. The number of hydrogen-bond donors (Lipinski definition) is 3. The van der Waals surface area contributed by atoms with E-state index < -0.39 is 51.8 Å². The van der Waals surface area contributed by atoms with E-state index in [1.54, 1.807) is 0 Å². The molecule has 0 saturated heterocycles. The van der Waals surface area contributed by atoms with Crippen LogP contribution in [0.1, 0.15) is 194 Å². The van der Waals surface area contributed by atoms with Gasteiger partial charge in [0, 0.05) is 12.8 Å². The third kappa shape index (κ3) is 40.2. The first-order valence-electron chi connectivity index (χ1n) is 21.9. The maximum absolute atomic E-state index is 12.6. The molecule has 3 N–H and O–H groups in total. The van der Waals surface area contributed by atoms with Gasteiger partial charge >= 0.3 is 19.8 Å². The minimum absolute atomic E-state index is 0.175. The van der Waals surface area contributed by atoms with Gasteiger partial charge in [-0.05, 0) is 70.6 Å². The van der Waals surface area contributed by atoms with Crippen molar-refractivity contribution in [1.29, 1.82) is 0 Å². The molecule has 0 rings (SSSR count). The first-order valence-corrected chi connectivity index (χ1v) is 23.4. The summed E-state index contributed by atoms with van der Waals surface area (Å²) < 4.78 is 32.7. The summed E-state index contributed by atoms with van der Waals surface area (Å²) in [5, 5.41) is 18.3. The average molecular weight is 801 g/mol. The highest BCUT2D eigenvalue weighted by atomic mass is 31.2. The number of ether oxygens (including phenoxy) is 2. The Bertz CT molecular complexity index is 1010. The van der Waals surface area contributed by atoms with Crippen LogP contribution in [0.5, 0.6) is 0 Å². The smallest absolute Gasteiger partial charge is 0.462 e. The number of esters is 2. The van der Waals surface area contributed by atoms with E-state index in [-0.39, 0.29) is 19.4 Å². The van der Waals surface area contributed by atoms with Gasteiger partial charge in [0.25, 0.3) is 0 Å². The van der Waals surface area contributed by atoms with Gasteiger partial charge < -0.3 is 24.6 Å². The summed E-state index contributed by atoms with van der Waals surface area (Å²) in [5.74, 6) is -0.937. The van der Waals surface area contributed by atoms with Crippen molar-refractivity contribution in [2.75, 3.05) is 26.4 Å². The molecule has 0 spiro atoms. The van der Waals surface area contributed by atoms with Crippen LogP contribution in [0.2, 0.25) is 0 Å². The molecular weight excluding hydrogens is 719 g/mol. The lowest BCUT2D eigenvalue weighted by atomic mass is 10.1. The minimum atomic E-state index is -4.62. The van der Waals surface area contributed by atoms with Crippen molar-refractivity contribution in [2.24, 2.45) is 0 Å². The van der Waals surface area contributed by atoms with Crippen molar-refractivity contribution in [3.8, 4) is 0 Å². The Kier molecular flexibility index (Phi) is 39.1. The van der Waals surface area contributed by atoms with Crippen LogP contribution >= 0.6 is 7.82 Å². The Morgan fingerprint density at radius 2 is 0.945 bits per heavy atom. The molecule has 0 heterocycles. The molecule has 55 heavy (non-hydrogen) atoms. The number of unbranched alkanes of at least 4 members (excludes halogenated alkanes) is 21. The van der Waals surface area contributed by atoms with E-state index >= 15 is 0 Å². The third-order valence-corrected chi connectivity index (χ3v) is 10.2. The van der Waals surface area contributed by atoms with Crippen LogP contribution in [0.15, 0.2) is 36.5 Å². The van der Waals surface area contributed by atoms with Crippen LogP contribution in [-0.4, -0.2) is 65.7 Å². The van der Waals surface area contributed by atoms with Gasteiger partial charge in [-0.1, -0.05) is 147 Å². The second-order valence-corrected chi connectivity index (χ2v) is 16.2. The van der Waals surface area contributed by atoms with Crippen LogP contribution in [0.3, 0.4) is 0 Å². The Morgan fingerprint density at radius 1 is 0.545 bits per heavy atom. The molecule has 0 bridgehead atoms. The summed E-state index contributed by atoms with van der Waals surface area (Å²) in [4.78, 5) is 35.0. The zero-order valence-electron chi connectivity index (χ0n) is 34.9. The molecule has 11 heteroatoms. The van der Waals surface area contributed by atoms with Crippen molar-refractivity contribution in [3.05, 3.63) is 36.5 Å². The predicted molar refractivity (Wildman–Crippen MR) is 224 cm³/mol. The first kappa shape index (κ1) is 53.2. The monoisotopic (exact) mass is 801 g/mol.